The van der Waals surface area contributed by atoms with Gasteiger partial charge in [-0.25, -0.2) is 4.98 Å². The molecule has 0 bridgehead atoms. The van der Waals surface area contributed by atoms with Crippen molar-refractivity contribution in [2.24, 2.45) is 4.99 Å². The monoisotopic (exact) mass is 275 g/mol. The van der Waals surface area contributed by atoms with E-state index in [0.29, 0.717) is 29.6 Å². The number of hydrogen-bond donors (Lipinski definition) is 0. The Bertz CT molecular complexity index is 744. The lowest BCUT2D eigenvalue weighted by atomic mass is 9.98. The maximum Gasteiger partial charge on any atom is 0.167 e. The Balaban J connectivity index is 2.21. The molecule has 0 saturated carbocycles. The minimum Gasteiger partial charge on any atom is -0.470 e. The van der Waals surface area contributed by atoms with Crippen molar-refractivity contribution in [1.82, 2.24) is 9.55 Å². The number of imidazole rings is 1. The van der Waals surface area contributed by atoms with Crippen LogP contribution in [0.2, 0.25) is 0 Å². The van der Waals surface area contributed by atoms with E-state index < -0.39 is 0 Å². The Morgan fingerprint density at radius 2 is 2.14 bits per heavy atom. The van der Waals surface area contributed by atoms with Crippen LogP contribution in [0.25, 0.3) is 17.0 Å². The first-order valence-corrected chi connectivity index (χ1v) is 6.64. The predicted molar refractivity (Wildman–Crippen MR) is 85.4 cm³/mol. The highest BCUT2D eigenvalue weighted by Crippen LogP contribution is 2.29. The van der Waals surface area contributed by atoms with Crippen LogP contribution < -0.4 is 5.59 Å². The summed E-state index contributed by atoms with van der Waals surface area (Å²) in [6, 6.07) is 9.88. The molecule has 1 aromatic heterocycles. The Labute approximate surface area is 124 Å². The van der Waals surface area contributed by atoms with Crippen LogP contribution in [0.15, 0.2) is 53.2 Å². The standard InChI is InChI=1S/C16H14BN3O/c1-3-7-12-13(18-2)16-19-15(17)14(20(16)10-21-12)11-8-5-4-6-9-11/h3-9H,2,10H2,1H3/b7-3-. The quantitative estimate of drug-likeness (QED) is 0.636. The van der Waals surface area contributed by atoms with Crippen LogP contribution in [0.3, 0.4) is 0 Å². The molecule has 3 rings (SSSR count). The summed E-state index contributed by atoms with van der Waals surface area (Å²) in [5, 5.41) is 0. The van der Waals surface area contributed by atoms with Crippen LogP contribution in [-0.2, 0) is 11.5 Å². The number of aromatic nitrogens is 2. The summed E-state index contributed by atoms with van der Waals surface area (Å²) in [5.41, 5.74) is 2.90. The molecule has 0 spiro atoms. The van der Waals surface area contributed by atoms with E-state index in [4.69, 9.17) is 12.6 Å². The van der Waals surface area contributed by atoms with Crippen molar-refractivity contribution < 1.29 is 4.74 Å². The molecule has 1 aliphatic rings. The first kappa shape index (κ1) is 13.4. The van der Waals surface area contributed by atoms with Crippen LogP contribution in [0, 0.1) is 0 Å². The highest BCUT2D eigenvalue weighted by atomic mass is 16.5. The first-order chi connectivity index (χ1) is 10.3. The summed E-state index contributed by atoms with van der Waals surface area (Å²) in [7, 11) is 6.10. The number of hydrogen-bond acceptors (Lipinski definition) is 3. The SMILES string of the molecule is [B]c1nc2n(c1-c1ccccc1)COC(/C=C\C)=C2N=C. The van der Waals surface area contributed by atoms with Crippen molar-refractivity contribution in [1.29, 1.82) is 0 Å². The molecule has 2 heterocycles. The number of benzene rings is 1. The second-order valence-corrected chi connectivity index (χ2v) is 4.61. The van der Waals surface area contributed by atoms with E-state index in [9.17, 15) is 0 Å². The lowest BCUT2D eigenvalue weighted by molar-refractivity contribution is 0.147. The van der Waals surface area contributed by atoms with Crippen LogP contribution >= 0.6 is 0 Å². The van der Waals surface area contributed by atoms with Gasteiger partial charge in [-0.05, 0) is 25.3 Å². The molecule has 4 nitrogen and oxygen atoms in total. The molecule has 0 atom stereocenters. The third-order valence-electron chi connectivity index (χ3n) is 3.31. The minimum absolute atomic E-state index is 0.350. The Morgan fingerprint density at radius 1 is 1.38 bits per heavy atom. The van der Waals surface area contributed by atoms with E-state index in [0.717, 1.165) is 11.3 Å². The zero-order chi connectivity index (χ0) is 14.8. The van der Waals surface area contributed by atoms with E-state index in [1.165, 1.54) is 0 Å². The highest BCUT2D eigenvalue weighted by molar-refractivity contribution is 6.34. The van der Waals surface area contributed by atoms with Gasteiger partial charge in [-0.2, -0.15) is 0 Å². The van der Waals surface area contributed by atoms with Crippen LogP contribution in [0.5, 0.6) is 0 Å². The smallest absolute Gasteiger partial charge is 0.167 e. The van der Waals surface area contributed by atoms with E-state index >= 15 is 0 Å². The fourth-order valence-electron chi connectivity index (χ4n) is 2.42. The summed E-state index contributed by atoms with van der Waals surface area (Å²) < 4.78 is 7.67. The van der Waals surface area contributed by atoms with Crippen molar-refractivity contribution in [3.8, 4) is 11.3 Å². The van der Waals surface area contributed by atoms with Gasteiger partial charge in [-0.1, -0.05) is 36.4 Å². The van der Waals surface area contributed by atoms with Crippen molar-refractivity contribution in [2.75, 3.05) is 0 Å². The van der Waals surface area contributed by atoms with Crippen LogP contribution in [0.4, 0.5) is 0 Å². The van der Waals surface area contributed by atoms with Gasteiger partial charge in [0.25, 0.3) is 0 Å². The Kier molecular flexibility index (Phi) is 3.48. The van der Waals surface area contributed by atoms with Gasteiger partial charge in [0.15, 0.2) is 18.3 Å². The molecule has 0 aliphatic carbocycles. The summed E-state index contributed by atoms with van der Waals surface area (Å²) in [6.07, 6.45) is 3.74. The molecule has 2 aromatic rings. The number of allylic oxidation sites excluding steroid dienone is 2. The number of fused-ring (bicyclic) bond motifs is 1. The lowest BCUT2D eigenvalue weighted by Gasteiger charge is -2.20. The van der Waals surface area contributed by atoms with Crippen molar-refractivity contribution in [3.63, 3.8) is 0 Å². The summed E-state index contributed by atoms with van der Waals surface area (Å²) >= 11 is 0. The minimum atomic E-state index is 0.350. The third kappa shape index (κ3) is 2.20. The molecular weight excluding hydrogens is 261 g/mol. The molecule has 1 aromatic carbocycles. The van der Waals surface area contributed by atoms with Gasteiger partial charge in [-0.15, -0.1) is 0 Å². The predicted octanol–water partition coefficient (Wildman–Crippen LogP) is 2.28. The summed E-state index contributed by atoms with van der Waals surface area (Å²) in [4.78, 5) is 8.50. The molecule has 21 heavy (non-hydrogen) atoms. The third-order valence-corrected chi connectivity index (χ3v) is 3.31. The lowest BCUT2D eigenvalue weighted by Crippen LogP contribution is -2.14. The van der Waals surface area contributed by atoms with Gasteiger partial charge in [0, 0.05) is 5.59 Å². The fourth-order valence-corrected chi connectivity index (χ4v) is 2.42. The van der Waals surface area contributed by atoms with E-state index in [1.54, 1.807) is 0 Å². The molecule has 102 valence electrons. The van der Waals surface area contributed by atoms with Crippen molar-refractivity contribution in [2.45, 2.75) is 13.7 Å². The summed E-state index contributed by atoms with van der Waals surface area (Å²) in [5.74, 6) is 1.34. The number of aliphatic imine (C=N–C) groups is 1. The molecule has 0 unspecified atom stereocenters. The first-order valence-electron chi connectivity index (χ1n) is 6.64. The van der Waals surface area contributed by atoms with Crippen molar-refractivity contribution >= 4 is 25.9 Å². The number of rotatable bonds is 3. The fraction of sp³-hybridized carbons (Fsp3) is 0.125. The van der Waals surface area contributed by atoms with Gasteiger partial charge in [0.05, 0.1) is 5.69 Å². The molecule has 0 N–H and O–H groups in total. The topological polar surface area (TPSA) is 39.4 Å². The number of ether oxygens (including phenoxy) is 1. The normalized spacial score (nSPS) is 14.1. The van der Waals surface area contributed by atoms with Crippen molar-refractivity contribution in [3.05, 3.63) is 54.1 Å². The molecule has 5 heteroatoms. The maximum absolute atomic E-state index is 6.10. The van der Waals surface area contributed by atoms with Crippen LogP contribution in [0.1, 0.15) is 12.7 Å². The van der Waals surface area contributed by atoms with E-state index in [2.05, 4.69) is 16.7 Å². The molecule has 0 saturated heterocycles. The largest absolute Gasteiger partial charge is 0.470 e. The highest BCUT2D eigenvalue weighted by Gasteiger charge is 2.24. The van der Waals surface area contributed by atoms with Gasteiger partial charge >= 0.3 is 0 Å². The number of nitrogens with zero attached hydrogens (tertiary/aromatic N) is 3. The second kappa shape index (κ2) is 5.44. The second-order valence-electron chi connectivity index (χ2n) is 4.61. The molecule has 2 radical (unpaired) electrons. The average Bonchev–Trinajstić information content (AvgIpc) is 2.84. The van der Waals surface area contributed by atoms with Crippen LogP contribution in [-0.4, -0.2) is 24.1 Å². The van der Waals surface area contributed by atoms with E-state index in [-0.39, 0.29) is 0 Å². The van der Waals surface area contributed by atoms with Gasteiger partial charge in [-0.3, -0.25) is 9.56 Å². The zero-order valence-electron chi connectivity index (χ0n) is 11.8. The maximum atomic E-state index is 6.10. The average molecular weight is 275 g/mol. The molecule has 0 fully saturated rings. The Morgan fingerprint density at radius 3 is 2.81 bits per heavy atom. The summed E-state index contributed by atoms with van der Waals surface area (Å²) in [6.45, 7) is 5.88. The van der Waals surface area contributed by atoms with Gasteiger partial charge in [0.1, 0.15) is 13.5 Å². The zero-order valence-corrected chi connectivity index (χ0v) is 11.8. The van der Waals surface area contributed by atoms with Gasteiger partial charge in [0.2, 0.25) is 0 Å². The molecular formula is C16H14BN3O. The molecule has 0 amide bonds. The Hall–Kier alpha value is -2.56. The van der Waals surface area contributed by atoms with E-state index in [1.807, 2.05) is 54.0 Å². The molecule has 1 aliphatic heterocycles. The van der Waals surface area contributed by atoms with Gasteiger partial charge < -0.3 is 4.74 Å².